The summed E-state index contributed by atoms with van der Waals surface area (Å²) in [6.07, 6.45) is 6.30. The Morgan fingerprint density at radius 2 is 2.14 bits per heavy atom. The fraction of sp³-hybridized carbons (Fsp3) is 0.647. The van der Waals surface area contributed by atoms with Crippen molar-refractivity contribution in [2.45, 2.75) is 57.2 Å². The van der Waals surface area contributed by atoms with Crippen LogP contribution in [0, 0.1) is 5.82 Å². The van der Waals surface area contributed by atoms with Crippen molar-refractivity contribution >= 4 is 15.9 Å². The summed E-state index contributed by atoms with van der Waals surface area (Å²) in [4.78, 5) is 2.47. The topological polar surface area (TPSA) is 15.3 Å². The molecule has 4 heteroatoms. The van der Waals surface area contributed by atoms with Gasteiger partial charge in [-0.15, -0.1) is 0 Å². The van der Waals surface area contributed by atoms with Gasteiger partial charge in [-0.1, -0.05) is 28.8 Å². The minimum Gasteiger partial charge on any atom is -0.310 e. The summed E-state index contributed by atoms with van der Waals surface area (Å²) in [6, 6.07) is 5.74. The number of rotatable bonds is 2. The second kappa shape index (κ2) is 6.35. The molecule has 0 bridgehead atoms. The predicted octanol–water partition coefficient (Wildman–Crippen LogP) is 4.08. The molecule has 1 atom stereocenters. The fourth-order valence-electron chi connectivity index (χ4n) is 3.81. The third-order valence-corrected chi connectivity index (χ3v) is 5.63. The highest BCUT2D eigenvalue weighted by atomic mass is 79.9. The molecule has 2 aliphatic rings. The van der Waals surface area contributed by atoms with Gasteiger partial charge in [0.05, 0.1) is 0 Å². The first-order chi connectivity index (χ1) is 10.1. The average Bonchev–Trinajstić information content (AvgIpc) is 2.84. The van der Waals surface area contributed by atoms with Gasteiger partial charge < -0.3 is 5.32 Å². The first kappa shape index (κ1) is 15.4. The lowest BCUT2D eigenvalue weighted by Gasteiger charge is -2.35. The number of hydrogen-bond acceptors (Lipinski definition) is 2. The molecule has 2 nitrogen and oxygen atoms in total. The van der Waals surface area contributed by atoms with Crippen LogP contribution in [0.25, 0.3) is 0 Å². The summed E-state index contributed by atoms with van der Waals surface area (Å²) < 4.78 is 15.0. The molecular formula is C17H24BrFN2. The van der Waals surface area contributed by atoms with E-state index < -0.39 is 0 Å². The minimum atomic E-state index is -0.0944. The molecule has 1 N–H and O–H groups in total. The second-order valence-corrected chi connectivity index (χ2v) is 7.61. The third kappa shape index (κ3) is 3.49. The molecule has 116 valence electrons. The van der Waals surface area contributed by atoms with Gasteiger partial charge in [-0.3, -0.25) is 4.90 Å². The van der Waals surface area contributed by atoms with E-state index in [2.05, 4.69) is 33.1 Å². The van der Waals surface area contributed by atoms with Crippen LogP contribution in [0.3, 0.4) is 0 Å². The van der Waals surface area contributed by atoms with Gasteiger partial charge in [0.2, 0.25) is 0 Å². The molecule has 0 aromatic heterocycles. The molecule has 1 saturated heterocycles. The lowest BCUT2D eigenvalue weighted by atomic mass is 9.96. The van der Waals surface area contributed by atoms with E-state index in [1.807, 2.05) is 6.07 Å². The van der Waals surface area contributed by atoms with Crippen LogP contribution in [-0.2, 0) is 6.54 Å². The van der Waals surface area contributed by atoms with Gasteiger partial charge in [0.1, 0.15) is 5.82 Å². The van der Waals surface area contributed by atoms with Crippen LogP contribution in [0.4, 0.5) is 4.39 Å². The average molecular weight is 355 g/mol. The highest BCUT2D eigenvalue weighted by Crippen LogP contribution is 2.33. The molecule has 1 aliphatic heterocycles. The Morgan fingerprint density at radius 1 is 1.38 bits per heavy atom. The van der Waals surface area contributed by atoms with Gasteiger partial charge in [-0.25, -0.2) is 4.39 Å². The Hall–Kier alpha value is -0.450. The molecule has 1 spiro atoms. The maximum Gasteiger partial charge on any atom is 0.127 e. The Labute approximate surface area is 135 Å². The Balaban J connectivity index is 1.79. The highest BCUT2D eigenvalue weighted by Gasteiger charge is 2.38. The summed E-state index contributed by atoms with van der Waals surface area (Å²) in [5.41, 5.74) is 1.07. The maximum absolute atomic E-state index is 14.1. The van der Waals surface area contributed by atoms with Crippen LogP contribution in [0.1, 0.15) is 44.6 Å². The fourth-order valence-corrected chi connectivity index (χ4v) is 4.22. The molecule has 0 amide bonds. The van der Waals surface area contributed by atoms with Crippen molar-refractivity contribution < 1.29 is 4.39 Å². The van der Waals surface area contributed by atoms with E-state index >= 15 is 0 Å². The van der Waals surface area contributed by atoms with E-state index in [9.17, 15) is 4.39 Å². The molecule has 3 rings (SSSR count). The predicted molar refractivity (Wildman–Crippen MR) is 87.8 cm³/mol. The number of hydrogen-bond donors (Lipinski definition) is 1. The van der Waals surface area contributed by atoms with Crippen LogP contribution < -0.4 is 5.32 Å². The van der Waals surface area contributed by atoms with E-state index in [1.54, 1.807) is 12.1 Å². The molecular weight excluding hydrogens is 331 g/mol. The normalized spacial score (nSPS) is 26.1. The quantitative estimate of drug-likeness (QED) is 0.860. The van der Waals surface area contributed by atoms with E-state index in [-0.39, 0.29) is 11.4 Å². The highest BCUT2D eigenvalue weighted by molar-refractivity contribution is 9.10. The first-order valence-electron chi connectivity index (χ1n) is 8.01. The second-order valence-electron chi connectivity index (χ2n) is 6.69. The molecule has 0 radical (unpaired) electrons. The van der Waals surface area contributed by atoms with Crippen LogP contribution >= 0.6 is 15.9 Å². The number of benzene rings is 1. The van der Waals surface area contributed by atoms with Gasteiger partial charge in [0.15, 0.2) is 0 Å². The molecule has 2 fully saturated rings. The summed E-state index contributed by atoms with van der Waals surface area (Å²) in [5, 5.41) is 3.78. The van der Waals surface area contributed by atoms with Crippen molar-refractivity contribution in [3.05, 3.63) is 34.1 Å². The number of nitrogens with one attached hydrogen (secondary N) is 1. The smallest absolute Gasteiger partial charge is 0.127 e. The first-order valence-corrected chi connectivity index (χ1v) is 8.80. The van der Waals surface area contributed by atoms with E-state index in [4.69, 9.17) is 0 Å². The maximum atomic E-state index is 14.1. The van der Waals surface area contributed by atoms with Crippen molar-refractivity contribution in [1.82, 2.24) is 10.2 Å². The monoisotopic (exact) mass is 354 g/mol. The largest absolute Gasteiger partial charge is 0.310 e. The molecule has 1 unspecified atom stereocenters. The van der Waals surface area contributed by atoms with Gasteiger partial charge in [-0.05, 0) is 50.9 Å². The number of nitrogens with zero attached hydrogens (tertiary/aromatic N) is 1. The lowest BCUT2D eigenvalue weighted by Crippen LogP contribution is -2.50. The van der Waals surface area contributed by atoms with Crippen LogP contribution in [0.15, 0.2) is 22.7 Å². The molecule has 1 aromatic rings. The Bertz CT molecular complexity index is 500. The number of halogens is 2. The van der Waals surface area contributed by atoms with Crippen molar-refractivity contribution in [1.29, 1.82) is 0 Å². The van der Waals surface area contributed by atoms with Gasteiger partial charge in [0.25, 0.3) is 0 Å². The molecule has 1 aliphatic carbocycles. The van der Waals surface area contributed by atoms with Gasteiger partial charge in [0, 0.05) is 34.7 Å². The third-order valence-electron chi connectivity index (χ3n) is 5.13. The summed E-state index contributed by atoms with van der Waals surface area (Å²) in [6.45, 7) is 5.10. The SMILES string of the molecule is CC1CCNC2(CCCC2)CN1Cc1cc(Br)ccc1F. The van der Waals surface area contributed by atoms with E-state index in [0.717, 1.165) is 29.5 Å². The minimum absolute atomic E-state index is 0.0944. The zero-order valence-corrected chi connectivity index (χ0v) is 14.3. The summed E-state index contributed by atoms with van der Waals surface area (Å²) in [5.74, 6) is -0.0944. The zero-order chi connectivity index (χ0) is 14.9. The summed E-state index contributed by atoms with van der Waals surface area (Å²) >= 11 is 3.45. The van der Waals surface area contributed by atoms with Crippen molar-refractivity contribution in [2.24, 2.45) is 0 Å². The van der Waals surface area contributed by atoms with Gasteiger partial charge in [-0.2, -0.15) is 0 Å². The zero-order valence-electron chi connectivity index (χ0n) is 12.7. The van der Waals surface area contributed by atoms with Gasteiger partial charge >= 0.3 is 0 Å². The standard InChI is InChI=1S/C17H24BrFN2/c1-13-6-9-20-17(7-2-3-8-17)12-21(13)11-14-10-15(18)4-5-16(14)19/h4-5,10,13,20H,2-3,6-9,11-12H2,1H3. The Kier molecular flexibility index (Phi) is 4.67. The molecule has 21 heavy (non-hydrogen) atoms. The van der Waals surface area contributed by atoms with Crippen LogP contribution in [0.5, 0.6) is 0 Å². The lowest BCUT2D eigenvalue weighted by molar-refractivity contribution is 0.158. The molecule has 1 aromatic carbocycles. The van der Waals surface area contributed by atoms with E-state index in [0.29, 0.717) is 12.6 Å². The van der Waals surface area contributed by atoms with Crippen LogP contribution in [0.2, 0.25) is 0 Å². The Morgan fingerprint density at radius 3 is 2.90 bits per heavy atom. The van der Waals surface area contributed by atoms with Crippen molar-refractivity contribution in [3.63, 3.8) is 0 Å². The van der Waals surface area contributed by atoms with Crippen molar-refractivity contribution in [2.75, 3.05) is 13.1 Å². The summed E-state index contributed by atoms with van der Waals surface area (Å²) in [7, 11) is 0. The van der Waals surface area contributed by atoms with Crippen molar-refractivity contribution in [3.8, 4) is 0 Å². The van der Waals surface area contributed by atoms with Crippen LogP contribution in [-0.4, -0.2) is 29.6 Å². The molecule has 1 heterocycles. The molecule has 1 saturated carbocycles. The van der Waals surface area contributed by atoms with E-state index in [1.165, 1.54) is 25.7 Å².